The van der Waals surface area contributed by atoms with Crippen molar-refractivity contribution in [2.45, 2.75) is 5.16 Å². The van der Waals surface area contributed by atoms with Gasteiger partial charge in [-0.1, -0.05) is 47.6 Å². The zero-order valence-electron chi connectivity index (χ0n) is 16.5. The average molecular weight is 456 g/mol. The van der Waals surface area contributed by atoms with E-state index in [4.69, 9.17) is 21.1 Å². The molecule has 0 aliphatic heterocycles. The molecule has 4 aromatic rings. The minimum Gasteiger partial charge on any atom is -0.495 e. The highest BCUT2D eigenvalue weighted by atomic mass is 35.5. The first kappa shape index (κ1) is 21.0. The molecule has 1 aromatic heterocycles. The quantitative estimate of drug-likeness (QED) is 0.145. The number of benzene rings is 3. The third kappa shape index (κ3) is 4.45. The molecule has 0 N–H and O–H groups in total. The number of non-ortho nitro benzene ring substituents is 1. The van der Waals surface area contributed by atoms with Crippen LogP contribution in [0.3, 0.4) is 0 Å². The van der Waals surface area contributed by atoms with Crippen molar-refractivity contribution in [3.8, 4) is 17.2 Å². The van der Waals surface area contributed by atoms with Crippen molar-refractivity contribution in [1.82, 2.24) is 9.55 Å². The molecule has 4 rings (SSSR count). The maximum atomic E-state index is 11.2. The Kier molecular flexibility index (Phi) is 6.29. The van der Waals surface area contributed by atoms with Gasteiger partial charge < -0.3 is 9.47 Å². The molecule has 9 heteroatoms. The Morgan fingerprint density at radius 2 is 1.84 bits per heavy atom. The number of nitro benzene ring substituents is 1. The second-order valence-corrected chi connectivity index (χ2v) is 7.93. The SMILES string of the molecule is COc1ccccc1-n1c(SCCOc2ccccc2Cl)nc2cc([N+](=O)[O-])ccc21. The van der Waals surface area contributed by atoms with Crippen LogP contribution in [0, 0.1) is 10.1 Å². The smallest absolute Gasteiger partial charge is 0.271 e. The first-order chi connectivity index (χ1) is 15.1. The predicted molar refractivity (Wildman–Crippen MR) is 122 cm³/mol. The summed E-state index contributed by atoms with van der Waals surface area (Å²) in [4.78, 5) is 15.4. The molecule has 0 bridgehead atoms. The largest absolute Gasteiger partial charge is 0.495 e. The van der Waals surface area contributed by atoms with Crippen LogP contribution in [0.4, 0.5) is 5.69 Å². The lowest BCUT2D eigenvalue weighted by molar-refractivity contribution is -0.384. The fourth-order valence-corrected chi connectivity index (χ4v) is 4.18. The fraction of sp³-hybridized carbons (Fsp3) is 0.136. The molecule has 0 aliphatic carbocycles. The number of rotatable bonds is 8. The predicted octanol–water partition coefficient (Wildman–Crippen LogP) is 5.77. The maximum absolute atomic E-state index is 11.2. The lowest BCUT2D eigenvalue weighted by Crippen LogP contribution is -2.03. The number of imidazole rings is 1. The summed E-state index contributed by atoms with van der Waals surface area (Å²) in [6.45, 7) is 0.420. The minimum absolute atomic E-state index is 0.00391. The number of thioether (sulfide) groups is 1. The summed E-state index contributed by atoms with van der Waals surface area (Å²) in [6.07, 6.45) is 0. The van der Waals surface area contributed by atoms with Crippen LogP contribution in [0.25, 0.3) is 16.7 Å². The summed E-state index contributed by atoms with van der Waals surface area (Å²) in [5, 5.41) is 12.4. The lowest BCUT2D eigenvalue weighted by atomic mass is 10.2. The molecule has 0 fully saturated rings. The molecule has 0 saturated carbocycles. The average Bonchev–Trinajstić information content (AvgIpc) is 3.15. The van der Waals surface area contributed by atoms with E-state index in [2.05, 4.69) is 4.98 Å². The van der Waals surface area contributed by atoms with E-state index in [0.29, 0.717) is 39.6 Å². The highest BCUT2D eigenvalue weighted by Gasteiger charge is 2.18. The molecule has 31 heavy (non-hydrogen) atoms. The lowest BCUT2D eigenvalue weighted by Gasteiger charge is -2.13. The maximum Gasteiger partial charge on any atom is 0.271 e. The summed E-state index contributed by atoms with van der Waals surface area (Å²) >= 11 is 7.62. The first-order valence-corrected chi connectivity index (χ1v) is 10.8. The van der Waals surface area contributed by atoms with Crippen LogP contribution in [0.5, 0.6) is 11.5 Å². The van der Waals surface area contributed by atoms with Crippen molar-refractivity contribution in [3.63, 3.8) is 0 Å². The van der Waals surface area contributed by atoms with Gasteiger partial charge in [0.25, 0.3) is 5.69 Å². The standard InChI is InChI=1S/C22H18ClN3O4S/c1-29-21-9-5-3-7-19(21)25-18-11-10-15(26(27)28)14-17(18)24-22(25)31-13-12-30-20-8-4-2-6-16(20)23/h2-11,14H,12-13H2,1H3. The molecule has 7 nitrogen and oxygen atoms in total. The molecule has 3 aromatic carbocycles. The first-order valence-electron chi connectivity index (χ1n) is 9.39. The van der Waals surface area contributed by atoms with E-state index in [9.17, 15) is 10.1 Å². The van der Waals surface area contributed by atoms with E-state index in [1.165, 1.54) is 23.9 Å². The third-order valence-electron chi connectivity index (χ3n) is 4.55. The zero-order chi connectivity index (χ0) is 21.8. The van der Waals surface area contributed by atoms with Crippen molar-refractivity contribution in [2.75, 3.05) is 19.5 Å². The Hall–Kier alpha value is -3.23. The minimum atomic E-state index is -0.425. The van der Waals surface area contributed by atoms with E-state index in [0.717, 1.165) is 11.2 Å². The Morgan fingerprint density at radius 3 is 2.58 bits per heavy atom. The molecule has 0 amide bonds. The van der Waals surface area contributed by atoms with Gasteiger partial charge >= 0.3 is 0 Å². The number of aromatic nitrogens is 2. The Labute approximate surface area is 187 Å². The molecule has 1 heterocycles. The third-order valence-corrected chi connectivity index (χ3v) is 5.77. The number of nitrogens with zero attached hydrogens (tertiary/aromatic N) is 3. The van der Waals surface area contributed by atoms with E-state index < -0.39 is 4.92 Å². The number of halogens is 1. The molecule has 0 spiro atoms. The topological polar surface area (TPSA) is 79.4 Å². The number of hydrogen-bond donors (Lipinski definition) is 0. The van der Waals surface area contributed by atoms with Crippen LogP contribution in [0.1, 0.15) is 0 Å². The summed E-state index contributed by atoms with van der Waals surface area (Å²) in [6, 6.07) is 19.5. The molecule has 0 radical (unpaired) electrons. The molecule has 0 aliphatic rings. The highest BCUT2D eigenvalue weighted by Crippen LogP contribution is 2.34. The van der Waals surface area contributed by atoms with E-state index >= 15 is 0 Å². The number of methoxy groups -OCH3 is 1. The van der Waals surface area contributed by atoms with Crippen molar-refractivity contribution >= 4 is 40.1 Å². The Bertz CT molecular complexity index is 1240. The van der Waals surface area contributed by atoms with Gasteiger partial charge in [0.15, 0.2) is 5.16 Å². The molecular weight excluding hydrogens is 438 g/mol. The number of ether oxygens (including phenoxy) is 2. The Balaban J connectivity index is 1.66. The molecule has 158 valence electrons. The van der Waals surface area contributed by atoms with Crippen LogP contribution in [-0.2, 0) is 0 Å². The van der Waals surface area contributed by atoms with Crippen molar-refractivity contribution in [1.29, 1.82) is 0 Å². The van der Waals surface area contributed by atoms with Gasteiger partial charge in [-0.15, -0.1) is 0 Å². The second-order valence-electron chi connectivity index (χ2n) is 6.46. The second kappa shape index (κ2) is 9.28. The van der Waals surface area contributed by atoms with Gasteiger partial charge in [0.1, 0.15) is 11.5 Å². The summed E-state index contributed by atoms with van der Waals surface area (Å²) in [5.41, 5.74) is 2.09. The van der Waals surface area contributed by atoms with Gasteiger partial charge in [-0.3, -0.25) is 14.7 Å². The van der Waals surface area contributed by atoms with Crippen LogP contribution < -0.4 is 9.47 Å². The zero-order valence-corrected chi connectivity index (χ0v) is 18.1. The van der Waals surface area contributed by atoms with E-state index in [1.54, 1.807) is 19.2 Å². The van der Waals surface area contributed by atoms with Gasteiger partial charge in [-0.2, -0.15) is 0 Å². The monoisotopic (exact) mass is 455 g/mol. The summed E-state index contributed by atoms with van der Waals surface area (Å²) in [5.74, 6) is 1.90. The molecular formula is C22H18ClN3O4S. The molecule has 0 unspecified atom stereocenters. The van der Waals surface area contributed by atoms with Gasteiger partial charge in [0.05, 0.1) is 40.4 Å². The highest BCUT2D eigenvalue weighted by molar-refractivity contribution is 7.99. The number of fused-ring (bicyclic) bond motifs is 1. The van der Waals surface area contributed by atoms with E-state index in [-0.39, 0.29) is 5.69 Å². The molecule has 0 saturated heterocycles. The normalized spacial score (nSPS) is 10.9. The van der Waals surface area contributed by atoms with Crippen LogP contribution in [-0.4, -0.2) is 33.9 Å². The van der Waals surface area contributed by atoms with Gasteiger partial charge in [-0.25, -0.2) is 4.98 Å². The van der Waals surface area contributed by atoms with Crippen molar-refractivity contribution in [3.05, 3.63) is 81.9 Å². The molecule has 0 atom stereocenters. The van der Waals surface area contributed by atoms with E-state index in [1.807, 2.05) is 47.0 Å². The number of nitro groups is 1. The van der Waals surface area contributed by atoms with Crippen LogP contribution >= 0.6 is 23.4 Å². The van der Waals surface area contributed by atoms with Crippen molar-refractivity contribution in [2.24, 2.45) is 0 Å². The van der Waals surface area contributed by atoms with Crippen LogP contribution in [0.15, 0.2) is 71.9 Å². The summed E-state index contributed by atoms with van der Waals surface area (Å²) < 4.78 is 13.2. The fourth-order valence-electron chi connectivity index (χ4n) is 3.15. The Morgan fingerprint density at radius 1 is 1.10 bits per heavy atom. The van der Waals surface area contributed by atoms with Gasteiger partial charge in [0, 0.05) is 17.9 Å². The van der Waals surface area contributed by atoms with Gasteiger partial charge in [0.2, 0.25) is 0 Å². The summed E-state index contributed by atoms with van der Waals surface area (Å²) in [7, 11) is 1.60. The van der Waals surface area contributed by atoms with Crippen molar-refractivity contribution < 1.29 is 14.4 Å². The number of hydrogen-bond acceptors (Lipinski definition) is 6. The van der Waals surface area contributed by atoms with Crippen LogP contribution in [0.2, 0.25) is 5.02 Å². The number of para-hydroxylation sites is 3. The van der Waals surface area contributed by atoms with Gasteiger partial charge in [-0.05, 0) is 30.3 Å².